The highest BCUT2D eigenvalue weighted by Crippen LogP contribution is 2.22. The number of hydrogen-bond acceptors (Lipinski definition) is 5. The van der Waals surface area contributed by atoms with Crippen LogP contribution in [0.15, 0.2) is 49.1 Å². The molecule has 8 heteroatoms. The second kappa shape index (κ2) is 7.40. The van der Waals surface area contributed by atoms with E-state index in [-0.39, 0.29) is 6.54 Å². The monoisotopic (exact) mass is 376 g/mol. The van der Waals surface area contributed by atoms with Gasteiger partial charge in [0.25, 0.3) is 0 Å². The summed E-state index contributed by atoms with van der Waals surface area (Å²) in [5, 5.41) is 12.8. The summed E-state index contributed by atoms with van der Waals surface area (Å²) in [5.74, 6) is -0.680. The zero-order valence-corrected chi connectivity index (χ0v) is 14.6. The van der Waals surface area contributed by atoms with Crippen molar-refractivity contribution in [3.63, 3.8) is 0 Å². The lowest BCUT2D eigenvalue weighted by molar-refractivity contribution is 0.571. The van der Waals surface area contributed by atoms with Gasteiger partial charge >= 0.3 is 0 Å². The van der Waals surface area contributed by atoms with Crippen LogP contribution in [0.25, 0.3) is 11.0 Å². The molecule has 0 aromatic carbocycles. The molecule has 0 spiro atoms. The highest BCUT2D eigenvalue weighted by atomic mass is 19.1. The molecule has 0 aliphatic carbocycles. The van der Waals surface area contributed by atoms with Crippen molar-refractivity contribution >= 4 is 16.9 Å². The van der Waals surface area contributed by atoms with Crippen LogP contribution in [0.5, 0.6) is 0 Å². The van der Waals surface area contributed by atoms with E-state index < -0.39 is 11.8 Å². The third kappa shape index (κ3) is 3.64. The first-order valence-corrected chi connectivity index (χ1v) is 8.47. The van der Waals surface area contributed by atoms with E-state index in [1.165, 1.54) is 18.5 Å². The normalized spacial score (nSPS) is 10.8. The fourth-order valence-corrected chi connectivity index (χ4v) is 2.91. The van der Waals surface area contributed by atoms with Crippen LogP contribution in [0.2, 0.25) is 0 Å². The number of aromatic amines is 1. The molecular formula is C20H14F2N6. The van der Waals surface area contributed by atoms with Crippen LogP contribution < -0.4 is 5.32 Å². The molecule has 0 unspecified atom stereocenters. The van der Waals surface area contributed by atoms with Crippen LogP contribution in [-0.2, 0) is 13.0 Å². The van der Waals surface area contributed by atoms with E-state index in [1.807, 2.05) is 0 Å². The van der Waals surface area contributed by atoms with Crippen molar-refractivity contribution in [2.45, 2.75) is 13.0 Å². The SMILES string of the molecule is N#Cc1cnc2[nH]cc(Cc3ccc(NCc4cncc(F)c4)nc3F)c2c1. The fourth-order valence-electron chi connectivity index (χ4n) is 2.91. The van der Waals surface area contributed by atoms with E-state index in [0.717, 1.165) is 17.1 Å². The molecule has 0 fully saturated rings. The van der Waals surface area contributed by atoms with Crippen molar-refractivity contribution in [1.82, 2.24) is 19.9 Å². The van der Waals surface area contributed by atoms with Crippen LogP contribution in [0.4, 0.5) is 14.6 Å². The predicted octanol–water partition coefficient (Wildman–Crippen LogP) is 3.71. The van der Waals surface area contributed by atoms with E-state index in [0.29, 0.717) is 34.6 Å². The molecule has 0 radical (unpaired) electrons. The van der Waals surface area contributed by atoms with E-state index in [2.05, 4.69) is 31.3 Å². The quantitative estimate of drug-likeness (QED) is 0.518. The summed E-state index contributed by atoms with van der Waals surface area (Å²) in [4.78, 5) is 14.9. The first kappa shape index (κ1) is 17.5. The minimum Gasteiger partial charge on any atom is -0.366 e. The highest BCUT2D eigenvalue weighted by molar-refractivity contribution is 5.81. The molecule has 0 saturated carbocycles. The van der Waals surface area contributed by atoms with Gasteiger partial charge in [-0.15, -0.1) is 0 Å². The molecule has 4 rings (SSSR count). The molecule has 0 aliphatic heterocycles. The Labute approximate surface area is 158 Å². The van der Waals surface area contributed by atoms with E-state index in [9.17, 15) is 8.78 Å². The third-order valence-corrected chi connectivity index (χ3v) is 4.29. The van der Waals surface area contributed by atoms with Gasteiger partial charge in [0.2, 0.25) is 5.95 Å². The van der Waals surface area contributed by atoms with Crippen molar-refractivity contribution in [2.75, 3.05) is 5.32 Å². The van der Waals surface area contributed by atoms with Gasteiger partial charge in [-0.25, -0.2) is 14.4 Å². The molecule has 0 aliphatic rings. The van der Waals surface area contributed by atoms with Crippen molar-refractivity contribution < 1.29 is 8.78 Å². The predicted molar refractivity (Wildman–Crippen MR) is 99.3 cm³/mol. The minimum absolute atomic E-state index is 0.279. The molecule has 4 aromatic heterocycles. The van der Waals surface area contributed by atoms with Crippen molar-refractivity contribution in [1.29, 1.82) is 5.26 Å². The topological polar surface area (TPSA) is 90.3 Å². The van der Waals surface area contributed by atoms with Gasteiger partial charge in [0.05, 0.1) is 11.8 Å². The Morgan fingerprint density at radius 2 is 2.00 bits per heavy atom. The van der Waals surface area contributed by atoms with Gasteiger partial charge in [-0.1, -0.05) is 6.07 Å². The van der Waals surface area contributed by atoms with Crippen molar-refractivity contribution in [3.8, 4) is 6.07 Å². The number of rotatable bonds is 5. The average Bonchev–Trinajstić information content (AvgIpc) is 3.10. The number of H-pyrrole nitrogens is 1. The molecule has 4 heterocycles. The Hall–Kier alpha value is -3.86. The molecule has 2 N–H and O–H groups in total. The number of anilines is 1. The van der Waals surface area contributed by atoms with E-state index >= 15 is 0 Å². The van der Waals surface area contributed by atoms with Gasteiger partial charge in [-0.2, -0.15) is 9.65 Å². The fraction of sp³-hybridized carbons (Fsp3) is 0.100. The summed E-state index contributed by atoms with van der Waals surface area (Å²) in [7, 11) is 0. The van der Waals surface area contributed by atoms with Crippen LogP contribution >= 0.6 is 0 Å². The molecular weight excluding hydrogens is 362 g/mol. The lowest BCUT2D eigenvalue weighted by Gasteiger charge is -2.08. The first-order valence-electron chi connectivity index (χ1n) is 8.47. The molecule has 0 bridgehead atoms. The van der Waals surface area contributed by atoms with E-state index in [1.54, 1.807) is 24.4 Å². The van der Waals surface area contributed by atoms with Gasteiger partial charge in [-0.3, -0.25) is 4.98 Å². The number of nitriles is 1. The third-order valence-electron chi connectivity index (χ3n) is 4.29. The lowest BCUT2D eigenvalue weighted by atomic mass is 10.1. The van der Waals surface area contributed by atoms with Crippen LogP contribution in [-0.4, -0.2) is 19.9 Å². The Morgan fingerprint density at radius 1 is 1.11 bits per heavy atom. The molecule has 6 nitrogen and oxygen atoms in total. The number of fused-ring (bicyclic) bond motifs is 1. The summed E-state index contributed by atoms with van der Waals surface area (Å²) in [5.41, 5.74) is 2.96. The highest BCUT2D eigenvalue weighted by Gasteiger charge is 2.11. The van der Waals surface area contributed by atoms with Gasteiger partial charge in [0, 0.05) is 42.5 Å². The molecule has 138 valence electrons. The number of pyridine rings is 3. The zero-order valence-electron chi connectivity index (χ0n) is 14.6. The maximum Gasteiger partial charge on any atom is 0.218 e. The molecule has 4 aromatic rings. The molecule has 0 atom stereocenters. The Balaban J connectivity index is 1.51. The first-order chi connectivity index (χ1) is 13.6. The second-order valence-corrected chi connectivity index (χ2v) is 6.23. The number of halogens is 2. The Morgan fingerprint density at radius 3 is 2.79 bits per heavy atom. The largest absolute Gasteiger partial charge is 0.366 e. The lowest BCUT2D eigenvalue weighted by Crippen LogP contribution is -2.05. The van der Waals surface area contributed by atoms with Crippen LogP contribution in [0, 0.1) is 23.1 Å². The number of nitrogens with one attached hydrogen (secondary N) is 2. The van der Waals surface area contributed by atoms with Crippen LogP contribution in [0.3, 0.4) is 0 Å². The standard InChI is InChI=1S/C20H14F2N6/c21-16-3-13(7-24-11-16)9-25-18-2-1-14(19(22)28-18)5-15-10-27-20-17(15)4-12(6-23)8-26-20/h1-4,7-8,10-11H,5,9H2,(H,25,28)(H,26,27). The van der Waals surface area contributed by atoms with E-state index in [4.69, 9.17) is 5.26 Å². The smallest absolute Gasteiger partial charge is 0.218 e. The molecule has 0 amide bonds. The Bertz CT molecular complexity index is 1190. The van der Waals surface area contributed by atoms with Gasteiger partial charge in [0.1, 0.15) is 23.4 Å². The average molecular weight is 376 g/mol. The van der Waals surface area contributed by atoms with Gasteiger partial charge < -0.3 is 10.3 Å². The molecule has 28 heavy (non-hydrogen) atoms. The summed E-state index contributed by atoms with van der Waals surface area (Å²) >= 11 is 0. The van der Waals surface area contributed by atoms with Gasteiger partial charge in [-0.05, 0) is 29.3 Å². The number of nitrogens with zero attached hydrogens (tertiary/aromatic N) is 4. The molecule has 0 saturated heterocycles. The van der Waals surface area contributed by atoms with Gasteiger partial charge in [0.15, 0.2) is 0 Å². The summed E-state index contributed by atoms with van der Waals surface area (Å²) in [6.45, 7) is 0.279. The summed E-state index contributed by atoms with van der Waals surface area (Å²) in [6, 6.07) is 8.44. The summed E-state index contributed by atoms with van der Waals surface area (Å²) < 4.78 is 27.6. The Kier molecular flexibility index (Phi) is 4.64. The van der Waals surface area contributed by atoms with Crippen LogP contribution in [0.1, 0.15) is 22.3 Å². The van der Waals surface area contributed by atoms with Crippen molar-refractivity contribution in [3.05, 3.63) is 83.1 Å². The zero-order chi connectivity index (χ0) is 19.5. The minimum atomic E-state index is -0.596. The maximum atomic E-state index is 14.5. The van der Waals surface area contributed by atoms with Crippen molar-refractivity contribution in [2.24, 2.45) is 0 Å². The number of hydrogen-bond donors (Lipinski definition) is 2. The maximum absolute atomic E-state index is 14.5. The second-order valence-electron chi connectivity index (χ2n) is 6.23. The number of aromatic nitrogens is 4. The summed E-state index contributed by atoms with van der Waals surface area (Å²) in [6.07, 6.45) is 6.20.